The van der Waals surface area contributed by atoms with Crippen LogP contribution in [-0.4, -0.2) is 18.9 Å². The minimum atomic E-state index is -3.94. The monoisotopic (exact) mass is 470 g/mol. The van der Waals surface area contributed by atoms with Crippen molar-refractivity contribution in [2.45, 2.75) is 24.1 Å². The van der Waals surface area contributed by atoms with E-state index >= 15 is 0 Å². The second-order valence-corrected chi connectivity index (χ2v) is 9.88. The number of amides is 1. The van der Waals surface area contributed by atoms with Crippen molar-refractivity contribution in [2.24, 2.45) is 0 Å². The zero-order valence-electron chi connectivity index (χ0n) is 17.2. The van der Waals surface area contributed by atoms with E-state index < -0.39 is 21.4 Å². The van der Waals surface area contributed by atoms with E-state index in [1.165, 1.54) is 24.4 Å². The molecule has 8 heteroatoms. The van der Waals surface area contributed by atoms with E-state index in [0.29, 0.717) is 16.6 Å². The number of carbonyl (C=O) groups excluding carboxylic acids is 1. The lowest BCUT2D eigenvalue weighted by Gasteiger charge is -2.08. The molecule has 0 spiro atoms. The first kappa shape index (κ1) is 22.0. The molecule has 1 heterocycles. The van der Waals surface area contributed by atoms with Gasteiger partial charge in [0.15, 0.2) is 9.84 Å². The normalized spacial score (nSPS) is 11.6. The van der Waals surface area contributed by atoms with Crippen LogP contribution in [0.5, 0.6) is 0 Å². The highest BCUT2D eigenvalue weighted by atomic mass is 35.5. The van der Waals surface area contributed by atoms with E-state index in [1.54, 1.807) is 41.0 Å². The fourth-order valence-corrected chi connectivity index (χ4v) is 5.46. The Morgan fingerprint density at radius 2 is 1.75 bits per heavy atom. The predicted molar refractivity (Wildman–Crippen MR) is 124 cm³/mol. The van der Waals surface area contributed by atoms with Gasteiger partial charge in [0.05, 0.1) is 10.6 Å². The van der Waals surface area contributed by atoms with E-state index in [4.69, 9.17) is 11.6 Å². The summed E-state index contributed by atoms with van der Waals surface area (Å²) in [5.74, 6) is -1.56. The van der Waals surface area contributed by atoms with Gasteiger partial charge in [-0.05, 0) is 37.3 Å². The van der Waals surface area contributed by atoms with Gasteiger partial charge < -0.3 is 9.88 Å². The Labute approximate surface area is 190 Å². The fourth-order valence-electron chi connectivity index (χ4n) is 3.52. The zero-order chi connectivity index (χ0) is 22.9. The molecular weight excluding hydrogens is 451 g/mol. The van der Waals surface area contributed by atoms with Gasteiger partial charge in [-0.15, -0.1) is 0 Å². The molecule has 0 radical (unpaired) electrons. The molecule has 3 aromatic carbocycles. The van der Waals surface area contributed by atoms with Crippen molar-refractivity contribution < 1.29 is 17.6 Å². The van der Waals surface area contributed by atoms with Crippen LogP contribution in [0.3, 0.4) is 0 Å². The number of anilines is 1. The fraction of sp³-hybridized carbons (Fsp3) is 0.125. The SMILES string of the molecule is Cc1ccc(NC(=O)Cn2cc(S(=O)(=O)Cc3c(F)cccc3Cl)c3ccccc32)cc1. The van der Waals surface area contributed by atoms with Crippen molar-refractivity contribution in [2.75, 3.05) is 5.32 Å². The van der Waals surface area contributed by atoms with Crippen molar-refractivity contribution in [1.82, 2.24) is 4.57 Å². The molecule has 1 aromatic heterocycles. The molecule has 0 fully saturated rings. The molecule has 4 rings (SSSR count). The lowest BCUT2D eigenvalue weighted by molar-refractivity contribution is -0.116. The molecule has 0 bridgehead atoms. The molecular formula is C24H20ClFN2O3S. The Morgan fingerprint density at radius 3 is 2.47 bits per heavy atom. The van der Waals surface area contributed by atoms with Gasteiger partial charge in [0.25, 0.3) is 0 Å². The Balaban J connectivity index is 1.66. The lowest BCUT2D eigenvalue weighted by Crippen LogP contribution is -2.18. The number of rotatable bonds is 6. The third-order valence-corrected chi connectivity index (χ3v) is 7.15. The number of aryl methyl sites for hydroxylation is 1. The second-order valence-electron chi connectivity index (χ2n) is 7.51. The molecule has 5 nitrogen and oxygen atoms in total. The number of nitrogens with one attached hydrogen (secondary N) is 1. The van der Waals surface area contributed by atoms with Gasteiger partial charge in [-0.2, -0.15) is 0 Å². The Hall–Kier alpha value is -3.16. The number of fused-ring (bicyclic) bond motifs is 1. The summed E-state index contributed by atoms with van der Waals surface area (Å²) in [5, 5.41) is 3.32. The Morgan fingerprint density at radius 1 is 1.03 bits per heavy atom. The first-order valence-electron chi connectivity index (χ1n) is 9.84. The number of benzene rings is 3. The number of nitrogens with zero attached hydrogens (tertiary/aromatic N) is 1. The molecule has 0 saturated carbocycles. The molecule has 4 aromatic rings. The van der Waals surface area contributed by atoms with E-state index in [0.717, 1.165) is 5.56 Å². The second kappa shape index (κ2) is 8.76. The number of hydrogen-bond acceptors (Lipinski definition) is 3. The summed E-state index contributed by atoms with van der Waals surface area (Å²) < 4.78 is 42.2. The van der Waals surface area contributed by atoms with Crippen molar-refractivity contribution in [3.63, 3.8) is 0 Å². The maximum Gasteiger partial charge on any atom is 0.244 e. The van der Waals surface area contributed by atoms with Crippen LogP contribution in [0.4, 0.5) is 10.1 Å². The van der Waals surface area contributed by atoms with Gasteiger partial charge in [0.2, 0.25) is 5.91 Å². The first-order chi connectivity index (χ1) is 15.2. The number of para-hydroxylation sites is 1. The molecule has 1 N–H and O–H groups in total. The van der Waals surface area contributed by atoms with Gasteiger partial charge >= 0.3 is 0 Å². The van der Waals surface area contributed by atoms with Gasteiger partial charge in [-0.3, -0.25) is 4.79 Å². The summed E-state index contributed by atoms with van der Waals surface area (Å²) in [5.41, 5.74) is 2.23. The number of halogens is 2. The number of carbonyl (C=O) groups is 1. The van der Waals surface area contributed by atoms with Gasteiger partial charge in [-0.25, -0.2) is 12.8 Å². The van der Waals surface area contributed by atoms with E-state index in [1.807, 2.05) is 19.1 Å². The van der Waals surface area contributed by atoms with E-state index in [-0.39, 0.29) is 27.9 Å². The van der Waals surface area contributed by atoms with Crippen LogP contribution in [-0.2, 0) is 26.9 Å². The summed E-state index contributed by atoms with van der Waals surface area (Å²) in [4.78, 5) is 12.6. The van der Waals surface area contributed by atoms with E-state index in [2.05, 4.69) is 5.32 Å². The zero-order valence-corrected chi connectivity index (χ0v) is 18.8. The highest BCUT2D eigenvalue weighted by Crippen LogP contribution is 2.30. The summed E-state index contributed by atoms with van der Waals surface area (Å²) in [6, 6.07) is 18.3. The molecule has 0 atom stereocenters. The molecule has 0 aliphatic heterocycles. The molecule has 0 aliphatic rings. The summed E-state index contributed by atoms with van der Waals surface area (Å²) in [6.45, 7) is 1.87. The first-order valence-corrected chi connectivity index (χ1v) is 11.9. The predicted octanol–water partition coefficient (Wildman–Crippen LogP) is 5.35. The maximum atomic E-state index is 14.2. The molecule has 0 unspecified atom stereocenters. The third-order valence-electron chi connectivity index (χ3n) is 5.13. The minimum absolute atomic E-state index is 0.0237. The average Bonchev–Trinajstić information content (AvgIpc) is 3.12. The largest absolute Gasteiger partial charge is 0.337 e. The lowest BCUT2D eigenvalue weighted by atomic mass is 10.2. The van der Waals surface area contributed by atoms with Crippen LogP contribution in [0.15, 0.2) is 77.8 Å². The maximum absolute atomic E-state index is 14.2. The van der Waals surface area contributed by atoms with Crippen LogP contribution in [0.25, 0.3) is 10.9 Å². The number of sulfone groups is 1. The number of aromatic nitrogens is 1. The highest BCUT2D eigenvalue weighted by molar-refractivity contribution is 7.90. The molecule has 0 aliphatic carbocycles. The highest BCUT2D eigenvalue weighted by Gasteiger charge is 2.24. The van der Waals surface area contributed by atoms with Gasteiger partial charge in [0.1, 0.15) is 12.4 Å². The average molecular weight is 471 g/mol. The Kier molecular flexibility index (Phi) is 6.04. The number of hydrogen-bond donors (Lipinski definition) is 1. The van der Waals surface area contributed by atoms with Crippen LogP contribution in [0.1, 0.15) is 11.1 Å². The van der Waals surface area contributed by atoms with Crippen molar-refractivity contribution >= 4 is 43.9 Å². The van der Waals surface area contributed by atoms with Crippen LogP contribution >= 0.6 is 11.6 Å². The Bertz CT molecular complexity index is 1390. The van der Waals surface area contributed by atoms with Crippen LogP contribution in [0, 0.1) is 12.7 Å². The molecule has 1 amide bonds. The van der Waals surface area contributed by atoms with Gasteiger partial charge in [0, 0.05) is 33.4 Å². The molecule has 0 saturated heterocycles. The summed E-state index contributed by atoms with van der Waals surface area (Å²) in [7, 11) is -3.94. The third kappa shape index (κ3) is 4.54. The minimum Gasteiger partial charge on any atom is -0.337 e. The standard InChI is InChI=1S/C24H20ClFN2O3S/c1-16-9-11-17(12-10-16)27-24(29)14-28-13-23(18-5-2-3-8-22(18)28)32(30,31)15-19-20(25)6-4-7-21(19)26/h2-13H,14-15H2,1H3,(H,27,29). The smallest absolute Gasteiger partial charge is 0.244 e. The van der Waals surface area contributed by atoms with Gasteiger partial charge in [-0.1, -0.05) is 53.6 Å². The van der Waals surface area contributed by atoms with Crippen molar-refractivity contribution in [3.8, 4) is 0 Å². The summed E-state index contributed by atoms with van der Waals surface area (Å²) >= 11 is 6.04. The van der Waals surface area contributed by atoms with Crippen LogP contribution in [0.2, 0.25) is 5.02 Å². The van der Waals surface area contributed by atoms with Crippen molar-refractivity contribution in [3.05, 3.63) is 94.9 Å². The van der Waals surface area contributed by atoms with Crippen LogP contribution < -0.4 is 5.32 Å². The molecule has 32 heavy (non-hydrogen) atoms. The topological polar surface area (TPSA) is 68.2 Å². The van der Waals surface area contributed by atoms with E-state index in [9.17, 15) is 17.6 Å². The molecule has 164 valence electrons. The quantitative estimate of drug-likeness (QED) is 0.412. The summed E-state index contributed by atoms with van der Waals surface area (Å²) in [6.07, 6.45) is 1.42. The van der Waals surface area contributed by atoms with Crippen molar-refractivity contribution in [1.29, 1.82) is 0 Å².